The SMILES string of the molecule is COc1ccc2c(C)c(CCC(=O)NCc3ccccc3O)c(=O)oc2c1. The lowest BCUT2D eigenvalue weighted by Crippen LogP contribution is -2.24. The molecule has 27 heavy (non-hydrogen) atoms. The fourth-order valence-electron chi connectivity index (χ4n) is 2.97. The lowest BCUT2D eigenvalue weighted by atomic mass is 10.0. The number of rotatable bonds is 6. The number of nitrogens with one attached hydrogen (secondary N) is 1. The fourth-order valence-corrected chi connectivity index (χ4v) is 2.97. The number of phenolic OH excluding ortho intramolecular Hbond substituents is 1. The van der Waals surface area contributed by atoms with E-state index in [1.54, 1.807) is 43.5 Å². The molecule has 0 saturated heterocycles. The van der Waals surface area contributed by atoms with Crippen molar-refractivity contribution in [2.24, 2.45) is 0 Å². The second-order valence-electron chi connectivity index (χ2n) is 6.26. The highest BCUT2D eigenvalue weighted by Gasteiger charge is 2.14. The van der Waals surface area contributed by atoms with Gasteiger partial charge in [-0.1, -0.05) is 18.2 Å². The normalized spacial score (nSPS) is 10.7. The number of phenols is 1. The molecule has 140 valence electrons. The van der Waals surface area contributed by atoms with Gasteiger partial charge in [-0.2, -0.15) is 0 Å². The number of aryl methyl sites for hydroxylation is 1. The van der Waals surface area contributed by atoms with E-state index in [-0.39, 0.29) is 31.0 Å². The van der Waals surface area contributed by atoms with Crippen LogP contribution in [0.25, 0.3) is 11.0 Å². The molecule has 3 rings (SSSR count). The van der Waals surface area contributed by atoms with Crippen LogP contribution in [-0.4, -0.2) is 18.1 Å². The van der Waals surface area contributed by atoms with Crippen molar-refractivity contribution in [1.29, 1.82) is 0 Å². The summed E-state index contributed by atoms with van der Waals surface area (Å²) in [6, 6.07) is 12.1. The number of hydrogen-bond donors (Lipinski definition) is 2. The Morgan fingerprint density at radius 3 is 2.74 bits per heavy atom. The van der Waals surface area contributed by atoms with E-state index in [0.717, 1.165) is 10.9 Å². The number of carbonyl (C=O) groups is 1. The zero-order chi connectivity index (χ0) is 19.4. The van der Waals surface area contributed by atoms with E-state index in [0.29, 0.717) is 22.5 Å². The molecule has 0 fully saturated rings. The van der Waals surface area contributed by atoms with E-state index in [1.165, 1.54) is 0 Å². The molecule has 3 aromatic rings. The zero-order valence-corrected chi connectivity index (χ0v) is 15.2. The molecule has 0 saturated carbocycles. The van der Waals surface area contributed by atoms with Crippen molar-refractivity contribution in [3.05, 3.63) is 69.6 Å². The van der Waals surface area contributed by atoms with E-state index in [2.05, 4.69) is 5.32 Å². The van der Waals surface area contributed by atoms with Crippen LogP contribution in [0, 0.1) is 6.92 Å². The molecule has 6 nitrogen and oxygen atoms in total. The second kappa shape index (κ2) is 7.95. The van der Waals surface area contributed by atoms with Crippen LogP contribution in [0.5, 0.6) is 11.5 Å². The first-order valence-electron chi connectivity index (χ1n) is 8.63. The Kier molecular flexibility index (Phi) is 5.45. The van der Waals surface area contributed by atoms with Crippen molar-refractivity contribution in [2.45, 2.75) is 26.3 Å². The molecule has 0 spiro atoms. The summed E-state index contributed by atoms with van der Waals surface area (Å²) in [5, 5.41) is 13.3. The van der Waals surface area contributed by atoms with Crippen LogP contribution in [0.3, 0.4) is 0 Å². The largest absolute Gasteiger partial charge is 0.508 e. The lowest BCUT2D eigenvalue weighted by molar-refractivity contribution is -0.121. The maximum Gasteiger partial charge on any atom is 0.339 e. The average Bonchev–Trinajstić information content (AvgIpc) is 2.66. The van der Waals surface area contributed by atoms with E-state index in [4.69, 9.17) is 9.15 Å². The van der Waals surface area contributed by atoms with Crippen LogP contribution in [0.1, 0.15) is 23.1 Å². The summed E-state index contributed by atoms with van der Waals surface area (Å²) in [6.07, 6.45) is 0.434. The highest BCUT2D eigenvalue weighted by molar-refractivity contribution is 5.82. The minimum absolute atomic E-state index is 0.138. The van der Waals surface area contributed by atoms with Crippen LogP contribution < -0.4 is 15.7 Å². The number of amides is 1. The Morgan fingerprint density at radius 1 is 1.22 bits per heavy atom. The van der Waals surface area contributed by atoms with E-state index < -0.39 is 5.63 Å². The van der Waals surface area contributed by atoms with Crippen molar-refractivity contribution in [2.75, 3.05) is 7.11 Å². The highest BCUT2D eigenvalue weighted by Crippen LogP contribution is 2.24. The van der Waals surface area contributed by atoms with Gasteiger partial charge in [0.05, 0.1) is 7.11 Å². The molecular formula is C21H21NO5. The molecule has 0 unspecified atom stereocenters. The van der Waals surface area contributed by atoms with Gasteiger partial charge < -0.3 is 19.6 Å². The molecule has 0 bridgehead atoms. The van der Waals surface area contributed by atoms with Crippen molar-refractivity contribution in [3.8, 4) is 11.5 Å². The standard InChI is InChI=1S/C21H21NO5/c1-13-16-8-7-15(26-2)11-19(16)27-21(25)17(13)9-10-20(24)22-12-14-5-3-4-6-18(14)23/h3-8,11,23H,9-10,12H2,1-2H3,(H,22,24). The maximum atomic E-state index is 12.3. The van der Waals surface area contributed by atoms with Crippen molar-refractivity contribution in [3.63, 3.8) is 0 Å². The first kappa shape index (κ1) is 18.5. The van der Waals surface area contributed by atoms with Gasteiger partial charge in [0.1, 0.15) is 17.1 Å². The number of methoxy groups -OCH3 is 1. The van der Waals surface area contributed by atoms with Crippen molar-refractivity contribution < 1.29 is 19.1 Å². The number of fused-ring (bicyclic) bond motifs is 1. The van der Waals surface area contributed by atoms with Gasteiger partial charge in [0.25, 0.3) is 0 Å². The summed E-state index contributed by atoms with van der Waals surface area (Å²) < 4.78 is 10.5. The van der Waals surface area contributed by atoms with Crippen molar-refractivity contribution in [1.82, 2.24) is 5.32 Å². The van der Waals surface area contributed by atoms with Gasteiger partial charge in [0, 0.05) is 35.5 Å². The van der Waals surface area contributed by atoms with Crippen molar-refractivity contribution >= 4 is 16.9 Å². The number of ether oxygens (including phenoxy) is 1. The molecule has 0 aliphatic rings. The quantitative estimate of drug-likeness (QED) is 0.654. The predicted octanol–water partition coefficient (Wildman–Crippen LogP) is 3.06. The average molecular weight is 367 g/mol. The Hall–Kier alpha value is -3.28. The topological polar surface area (TPSA) is 88.8 Å². The summed E-state index contributed by atoms with van der Waals surface area (Å²) >= 11 is 0. The number of carbonyl (C=O) groups excluding carboxylic acids is 1. The minimum Gasteiger partial charge on any atom is -0.508 e. The zero-order valence-electron chi connectivity index (χ0n) is 15.2. The van der Waals surface area contributed by atoms with Crippen LogP contribution in [0.15, 0.2) is 51.7 Å². The molecule has 1 heterocycles. The van der Waals surface area contributed by atoms with Gasteiger partial charge >= 0.3 is 5.63 Å². The Morgan fingerprint density at radius 2 is 2.00 bits per heavy atom. The second-order valence-corrected chi connectivity index (χ2v) is 6.26. The van der Waals surface area contributed by atoms with E-state index in [1.807, 2.05) is 13.0 Å². The van der Waals surface area contributed by atoms with E-state index >= 15 is 0 Å². The highest BCUT2D eigenvalue weighted by atomic mass is 16.5. The summed E-state index contributed by atoms with van der Waals surface area (Å²) in [5.41, 5.74) is 1.95. The van der Waals surface area contributed by atoms with Crippen LogP contribution in [0.2, 0.25) is 0 Å². The Bertz CT molecular complexity index is 1040. The molecule has 0 atom stereocenters. The molecule has 2 aromatic carbocycles. The molecule has 6 heteroatoms. The number of para-hydroxylation sites is 1. The third-order valence-corrected chi connectivity index (χ3v) is 4.56. The predicted molar refractivity (Wildman–Crippen MR) is 102 cm³/mol. The molecular weight excluding hydrogens is 346 g/mol. The molecule has 0 radical (unpaired) electrons. The van der Waals surface area contributed by atoms with E-state index in [9.17, 15) is 14.7 Å². The van der Waals surface area contributed by atoms with Gasteiger partial charge in [-0.15, -0.1) is 0 Å². The fraction of sp³-hybridized carbons (Fsp3) is 0.238. The summed E-state index contributed by atoms with van der Waals surface area (Å²) in [4.78, 5) is 24.4. The number of hydrogen-bond acceptors (Lipinski definition) is 5. The third-order valence-electron chi connectivity index (χ3n) is 4.56. The minimum atomic E-state index is -0.443. The molecule has 0 aliphatic heterocycles. The molecule has 0 aliphatic carbocycles. The van der Waals surface area contributed by atoms with Gasteiger partial charge in [0.15, 0.2) is 0 Å². The van der Waals surface area contributed by atoms with Gasteiger partial charge in [-0.25, -0.2) is 4.79 Å². The first-order chi connectivity index (χ1) is 13.0. The van der Waals surface area contributed by atoms with Gasteiger partial charge in [0.2, 0.25) is 5.91 Å². The van der Waals surface area contributed by atoms with Crippen LogP contribution in [-0.2, 0) is 17.8 Å². The van der Waals surface area contributed by atoms with Gasteiger partial charge in [-0.3, -0.25) is 4.79 Å². The first-order valence-corrected chi connectivity index (χ1v) is 8.63. The molecule has 2 N–H and O–H groups in total. The molecule has 1 aromatic heterocycles. The summed E-state index contributed by atoms with van der Waals surface area (Å²) in [7, 11) is 1.55. The summed E-state index contributed by atoms with van der Waals surface area (Å²) in [5.74, 6) is 0.549. The smallest absolute Gasteiger partial charge is 0.339 e. The van der Waals surface area contributed by atoms with Gasteiger partial charge in [-0.05, 0) is 37.1 Å². The third kappa shape index (κ3) is 4.11. The van der Waals surface area contributed by atoms with Crippen LogP contribution in [0.4, 0.5) is 0 Å². The number of benzene rings is 2. The molecule has 1 amide bonds. The monoisotopic (exact) mass is 367 g/mol. The summed E-state index contributed by atoms with van der Waals surface area (Å²) in [6.45, 7) is 2.08. The Balaban J connectivity index is 1.70. The Labute approximate surface area is 156 Å². The van der Waals surface area contributed by atoms with Crippen LogP contribution >= 0.6 is 0 Å². The number of aromatic hydroxyl groups is 1. The lowest BCUT2D eigenvalue weighted by Gasteiger charge is -2.10. The maximum absolute atomic E-state index is 12.3.